The monoisotopic (exact) mass is 381 g/mol. The van der Waals surface area contributed by atoms with Gasteiger partial charge in [0.2, 0.25) is 0 Å². The maximum Gasteiger partial charge on any atom is 0.573 e. The molecular formula is C18H22F3N5O. The highest BCUT2D eigenvalue weighted by atomic mass is 19.4. The van der Waals surface area contributed by atoms with Crippen molar-refractivity contribution in [3.05, 3.63) is 47.8 Å². The number of halogens is 3. The van der Waals surface area contributed by atoms with Crippen LogP contribution in [0.15, 0.2) is 41.5 Å². The van der Waals surface area contributed by atoms with Gasteiger partial charge in [0.05, 0.1) is 12.2 Å². The van der Waals surface area contributed by atoms with Crippen molar-refractivity contribution < 1.29 is 17.9 Å². The molecule has 146 valence electrons. The van der Waals surface area contributed by atoms with Gasteiger partial charge < -0.3 is 15.4 Å². The highest BCUT2D eigenvalue weighted by Gasteiger charge is 2.42. The Hall–Kier alpha value is -2.71. The Morgan fingerprint density at radius 3 is 2.78 bits per heavy atom. The summed E-state index contributed by atoms with van der Waals surface area (Å²) >= 11 is 0. The smallest absolute Gasteiger partial charge is 0.405 e. The number of hydrogen-bond acceptors (Lipinski definition) is 3. The van der Waals surface area contributed by atoms with Gasteiger partial charge in [-0.2, -0.15) is 5.10 Å². The largest absolute Gasteiger partial charge is 0.573 e. The van der Waals surface area contributed by atoms with Crippen molar-refractivity contribution in [1.29, 1.82) is 0 Å². The van der Waals surface area contributed by atoms with Crippen molar-refractivity contribution in [2.75, 3.05) is 6.54 Å². The number of nitrogens with one attached hydrogen (secondary N) is 2. The Bertz CT molecular complexity index is 802. The second kappa shape index (κ2) is 7.89. The topological polar surface area (TPSA) is 63.5 Å². The molecule has 2 aromatic rings. The molecule has 1 heterocycles. The Balaban J connectivity index is 1.66. The Labute approximate surface area is 155 Å². The molecule has 0 aliphatic heterocycles. The molecule has 9 heteroatoms. The molecule has 1 aromatic heterocycles. The lowest BCUT2D eigenvalue weighted by atomic mass is 10.1. The van der Waals surface area contributed by atoms with Crippen LogP contribution in [0.3, 0.4) is 0 Å². The van der Waals surface area contributed by atoms with E-state index in [2.05, 4.69) is 25.5 Å². The zero-order valence-corrected chi connectivity index (χ0v) is 15.1. The van der Waals surface area contributed by atoms with Gasteiger partial charge in [0.25, 0.3) is 0 Å². The summed E-state index contributed by atoms with van der Waals surface area (Å²) in [5, 5.41) is 10.5. The van der Waals surface area contributed by atoms with Gasteiger partial charge in [-0.25, -0.2) is 4.99 Å². The van der Waals surface area contributed by atoms with Crippen LogP contribution in [0, 0.1) is 0 Å². The Morgan fingerprint density at radius 2 is 2.11 bits per heavy atom. The van der Waals surface area contributed by atoms with E-state index in [4.69, 9.17) is 0 Å². The van der Waals surface area contributed by atoms with E-state index < -0.39 is 6.36 Å². The van der Waals surface area contributed by atoms with Gasteiger partial charge in [-0.05, 0) is 31.0 Å². The molecule has 1 aliphatic carbocycles. The first-order valence-corrected chi connectivity index (χ1v) is 8.73. The van der Waals surface area contributed by atoms with Crippen LogP contribution in [0.25, 0.3) is 0 Å². The average molecular weight is 381 g/mol. The number of para-hydroxylation sites is 1. The van der Waals surface area contributed by atoms with E-state index >= 15 is 0 Å². The zero-order chi connectivity index (χ0) is 19.4. The molecule has 27 heavy (non-hydrogen) atoms. The first-order chi connectivity index (χ1) is 12.9. The van der Waals surface area contributed by atoms with Gasteiger partial charge in [-0.15, -0.1) is 13.2 Å². The minimum absolute atomic E-state index is 0.00678. The fourth-order valence-corrected chi connectivity index (χ4v) is 2.91. The van der Waals surface area contributed by atoms with E-state index in [9.17, 15) is 13.2 Å². The quantitative estimate of drug-likeness (QED) is 0.597. The molecular weight excluding hydrogens is 359 g/mol. The highest BCUT2D eigenvalue weighted by molar-refractivity contribution is 5.80. The van der Waals surface area contributed by atoms with Crippen molar-refractivity contribution in [1.82, 2.24) is 20.4 Å². The molecule has 2 atom stereocenters. The third-order valence-electron chi connectivity index (χ3n) is 4.32. The number of aliphatic imine (C=N–C) groups is 1. The van der Waals surface area contributed by atoms with Crippen LogP contribution >= 0.6 is 0 Å². The lowest BCUT2D eigenvalue weighted by molar-refractivity contribution is -0.274. The first kappa shape index (κ1) is 19.1. The van der Waals surface area contributed by atoms with Gasteiger partial charge in [-0.1, -0.05) is 18.2 Å². The summed E-state index contributed by atoms with van der Waals surface area (Å²) in [6.07, 6.45) is -2.28. The number of rotatable bonds is 6. The van der Waals surface area contributed by atoms with Crippen molar-refractivity contribution >= 4 is 5.96 Å². The summed E-state index contributed by atoms with van der Waals surface area (Å²) in [6, 6.07) is 8.17. The maximum atomic E-state index is 12.6. The van der Waals surface area contributed by atoms with E-state index in [1.807, 2.05) is 20.0 Å². The molecule has 6 nitrogen and oxygen atoms in total. The molecule has 0 saturated heterocycles. The Morgan fingerprint density at radius 1 is 1.33 bits per heavy atom. The molecule has 0 radical (unpaired) electrons. The molecule has 1 saturated carbocycles. The van der Waals surface area contributed by atoms with Crippen LogP contribution in [0.1, 0.15) is 30.5 Å². The molecule has 2 N–H and O–H groups in total. The molecule has 2 unspecified atom stereocenters. The van der Waals surface area contributed by atoms with Crippen LogP contribution in [-0.4, -0.2) is 34.7 Å². The van der Waals surface area contributed by atoms with Gasteiger partial charge in [0.1, 0.15) is 5.75 Å². The van der Waals surface area contributed by atoms with Crippen molar-refractivity contribution in [2.24, 2.45) is 12.0 Å². The van der Waals surface area contributed by atoms with Crippen LogP contribution in [0.2, 0.25) is 0 Å². The Kier molecular flexibility index (Phi) is 5.57. The second-order valence-corrected chi connectivity index (χ2v) is 6.32. The normalized spacial score (nSPS) is 19.7. The summed E-state index contributed by atoms with van der Waals surface area (Å²) in [6.45, 7) is 3.09. The number of ether oxygens (including phenoxy) is 1. The van der Waals surface area contributed by atoms with Crippen molar-refractivity contribution in [3.8, 4) is 5.75 Å². The number of hydrogen-bond donors (Lipinski definition) is 2. The van der Waals surface area contributed by atoms with Crippen LogP contribution in [0.5, 0.6) is 5.75 Å². The fourth-order valence-electron chi connectivity index (χ4n) is 2.91. The summed E-state index contributed by atoms with van der Waals surface area (Å²) in [4.78, 5) is 4.53. The number of aromatic nitrogens is 2. The van der Waals surface area contributed by atoms with Gasteiger partial charge in [0.15, 0.2) is 5.96 Å². The predicted octanol–water partition coefficient (Wildman–Crippen LogP) is 2.93. The SMILES string of the molecule is CCNC(=NCc1ccnn1C)NC1CC1c1ccccc1OC(F)(F)F. The number of nitrogens with zero attached hydrogens (tertiary/aromatic N) is 3. The van der Waals surface area contributed by atoms with Crippen molar-refractivity contribution in [3.63, 3.8) is 0 Å². The lowest BCUT2D eigenvalue weighted by Gasteiger charge is -2.14. The van der Waals surface area contributed by atoms with E-state index in [0.717, 1.165) is 5.69 Å². The van der Waals surface area contributed by atoms with E-state index in [0.29, 0.717) is 31.0 Å². The average Bonchev–Trinajstić information content (AvgIpc) is 3.23. The first-order valence-electron chi connectivity index (χ1n) is 8.73. The molecule has 1 aliphatic rings. The van der Waals surface area contributed by atoms with E-state index in [-0.39, 0.29) is 17.7 Å². The highest BCUT2D eigenvalue weighted by Crippen LogP contribution is 2.45. The number of alkyl halides is 3. The summed E-state index contributed by atoms with van der Waals surface area (Å²) in [5.41, 5.74) is 1.51. The molecule has 0 bridgehead atoms. The predicted molar refractivity (Wildman–Crippen MR) is 95.4 cm³/mol. The summed E-state index contributed by atoms with van der Waals surface area (Å²) in [7, 11) is 1.85. The maximum absolute atomic E-state index is 12.6. The van der Waals surface area contributed by atoms with Crippen LogP contribution in [-0.2, 0) is 13.6 Å². The summed E-state index contributed by atoms with van der Waals surface area (Å²) < 4.78 is 43.7. The summed E-state index contributed by atoms with van der Waals surface area (Å²) in [5.74, 6) is 0.431. The second-order valence-electron chi connectivity index (χ2n) is 6.32. The van der Waals surface area contributed by atoms with Crippen LogP contribution < -0.4 is 15.4 Å². The fraction of sp³-hybridized carbons (Fsp3) is 0.444. The number of benzene rings is 1. The third kappa shape index (κ3) is 5.15. The standard InChI is InChI=1S/C18H22F3N5O/c1-3-22-17(23-11-12-8-9-24-26(12)2)25-15-10-14(15)13-6-4-5-7-16(13)27-18(19,20)21/h4-9,14-15H,3,10-11H2,1-2H3,(H2,22,23,25). The number of guanidine groups is 1. The van der Waals surface area contributed by atoms with E-state index in [1.165, 1.54) is 12.1 Å². The number of aryl methyl sites for hydroxylation is 1. The molecule has 1 aromatic carbocycles. The molecule has 0 spiro atoms. The van der Waals surface area contributed by atoms with Gasteiger partial charge >= 0.3 is 6.36 Å². The van der Waals surface area contributed by atoms with Gasteiger partial charge in [-0.3, -0.25) is 4.68 Å². The molecule has 3 rings (SSSR count). The molecule has 0 amide bonds. The molecule has 1 fully saturated rings. The third-order valence-corrected chi connectivity index (χ3v) is 4.32. The minimum Gasteiger partial charge on any atom is -0.405 e. The van der Waals surface area contributed by atoms with Crippen LogP contribution in [0.4, 0.5) is 13.2 Å². The van der Waals surface area contributed by atoms with E-state index in [1.54, 1.807) is 23.0 Å². The minimum atomic E-state index is -4.70. The van der Waals surface area contributed by atoms with Gasteiger partial charge in [0, 0.05) is 31.7 Å². The lowest BCUT2D eigenvalue weighted by Crippen LogP contribution is -2.39. The van der Waals surface area contributed by atoms with Crippen molar-refractivity contribution in [2.45, 2.75) is 38.2 Å². The zero-order valence-electron chi connectivity index (χ0n) is 15.1.